The van der Waals surface area contributed by atoms with E-state index in [4.69, 9.17) is 9.16 Å². The van der Waals surface area contributed by atoms with E-state index in [2.05, 4.69) is 56.9 Å². The van der Waals surface area contributed by atoms with Gasteiger partial charge in [-0.3, -0.25) is 0 Å². The van der Waals surface area contributed by atoms with Crippen molar-refractivity contribution in [3.8, 4) is 0 Å². The van der Waals surface area contributed by atoms with Crippen LogP contribution in [0.3, 0.4) is 0 Å². The molecule has 1 aromatic carbocycles. The van der Waals surface area contributed by atoms with Crippen molar-refractivity contribution >= 4 is 8.32 Å². The molecule has 2 nitrogen and oxygen atoms in total. The fourth-order valence-electron chi connectivity index (χ4n) is 3.15. The second-order valence-electron chi connectivity index (χ2n) is 7.66. The van der Waals surface area contributed by atoms with Gasteiger partial charge in [-0.1, -0.05) is 74.7 Å². The molecule has 1 atom stereocenters. The summed E-state index contributed by atoms with van der Waals surface area (Å²) in [4.78, 5) is 0. The quantitative estimate of drug-likeness (QED) is 0.365. The largest absolute Gasteiger partial charge is 0.392 e. The summed E-state index contributed by atoms with van der Waals surface area (Å²) < 4.78 is 12.5. The average Bonchev–Trinajstić information content (AvgIpc) is 2.75. The van der Waals surface area contributed by atoms with Gasteiger partial charge in [-0.15, -0.1) is 0 Å². The molecule has 1 aliphatic heterocycles. The molecule has 0 aromatic heterocycles. The lowest BCUT2D eigenvalue weighted by atomic mass is 9.98. The highest BCUT2D eigenvalue weighted by Gasteiger charge is 2.30. The Morgan fingerprint density at radius 1 is 1.20 bits per heavy atom. The van der Waals surface area contributed by atoms with Crippen LogP contribution in [-0.2, 0) is 15.8 Å². The van der Waals surface area contributed by atoms with Crippen LogP contribution in [0.1, 0.15) is 51.0 Å². The van der Waals surface area contributed by atoms with E-state index in [0.29, 0.717) is 6.61 Å². The Morgan fingerprint density at radius 2 is 1.96 bits per heavy atom. The lowest BCUT2D eigenvalue weighted by Gasteiger charge is -2.26. The van der Waals surface area contributed by atoms with Crippen molar-refractivity contribution in [2.45, 2.75) is 77.5 Å². The molecule has 138 valence electrons. The first-order chi connectivity index (χ1) is 12.0. The van der Waals surface area contributed by atoms with Gasteiger partial charge in [0.05, 0.1) is 6.61 Å². The number of hydrogen-bond acceptors (Lipinski definition) is 2. The van der Waals surface area contributed by atoms with Gasteiger partial charge in [0, 0.05) is 6.42 Å². The topological polar surface area (TPSA) is 18.5 Å². The third-order valence-corrected chi connectivity index (χ3v) is 6.83. The maximum atomic E-state index is 6.37. The zero-order chi connectivity index (χ0) is 18.1. The lowest BCUT2D eigenvalue weighted by Crippen LogP contribution is -2.34. The molecule has 0 N–H and O–H groups in total. The van der Waals surface area contributed by atoms with Gasteiger partial charge in [-0.2, -0.15) is 0 Å². The van der Waals surface area contributed by atoms with Gasteiger partial charge in [0.2, 0.25) is 0 Å². The van der Waals surface area contributed by atoms with E-state index in [1.807, 2.05) is 6.07 Å². The highest BCUT2D eigenvalue weighted by Crippen LogP contribution is 2.30. The number of unbranched alkanes of at least 4 members (excludes halogenated alkanes) is 3. The van der Waals surface area contributed by atoms with E-state index < -0.39 is 8.32 Å². The summed E-state index contributed by atoms with van der Waals surface area (Å²) in [6.45, 7) is 11.8. The molecule has 0 radical (unpaired) electrons. The molecule has 0 spiro atoms. The van der Waals surface area contributed by atoms with Crippen molar-refractivity contribution in [3.05, 3.63) is 59.7 Å². The summed E-state index contributed by atoms with van der Waals surface area (Å²) in [6, 6.07) is 11.4. The molecule has 0 saturated heterocycles. The van der Waals surface area contributed by atoms with E-state index >= 15 is 0 Å². The van der Waals surface area contributed by atoms with Crippen LogP contribution < -0.4 is 0 Å². The fraction of sp³-hybridized carbons (Fsp3) is 0.545. The van der Waals surface area contributed by atoms with Crippen molar-refractivity contribution in [1.82, 2.24) is 0 Å². The highest BCUT2D eigenvalue weighted by molar-refractivity contribution is 6.71. The summed E-state index contributed by atoms with van der Waals surface area (Å²) in [7, 11) is -1.72. The number of benzene rings is 1. The predicted molar refractivity (Wildman–Crippen MR) is 109 cm³/mol. The number of ether oxygens (including phenoxy) is 1. The standard InChI is InChI=1S/C22H34O2Si/c1-5-6-7-9-12-19(2)21-15-16-25(3,4)24-22(17-21)23-18-20-13-10-8-11-14-20/h8,10-11,13-15,22H,2,5-7,9,12,16-18H2,1,3-4H3. The van der Waals surface area contributed by atoms with Crippen LogP contribution in [0.2, 0.25) is 19.1 Å². The molecule has 1 aliphatic rings. The van der Waals surface area contributed by atoms with Crippen LogP contribution in [0.4, 0.5) is 0 Å². The Labute approximate surface area is 155 Å². The SMILES string of the molecule is C=C(CCCCCC)C1=CC[Si](C)(C)OC(OCc2ccccc2)C1. The molecule has 1 heterocycles. The van der Waals surface area contributed by atoms with Crippen LogP contribution in [0.15, 0.2) is 54.1 Å². The van der Waals surface area contributed by atoms with Crippen LogP contribution in [0.25, 0.3) is 0 Å². The maximum Gasteiger partial charge on any atom is 0.193 e. The second-order valence-corrected chi connectivity index (χ2v) is 11.8. The number of hydrogen-bond donors (Lipinski definition) is 0. The molecule has 0 fully saturated rings. The molecule has 1 aromatic rings. The van der Waals surface area contributed by atoms with Gasteiger partial charge in [0.15, 0.2) is 14.6 Å². The minimum absolute atomic E-state index is 0.150. The first-order valence-electron chi connectivity index (χ1n) is 9.70. The molecular weight excluding hydrogens is 324 g/mol. The minimum Gasteiger partial charge on any atom is -0.392 e. The van der Waals surface area contributed by atoms with E-state index in [9.17, 15) is 0 Å². The Hall–Kier alpha value is -1.16. The fourth-order valence-corrected chi connectivity index (χ4v) is 4.85. The first kappa shape index (κ1) is 20.2. The highest BCUT2D eigenvalue weighted by atomic mass is 28.4. The molecule has 3 heteroatoms. The maximum absolute atomic E-state index is 6.37. The Balaban J connectivity index is 1.93. The Kier molecular flexibility index (Phi) is 8.14. The predicted octanol–water partition coefficient (Wildman–Crippen LogP) is 6.61. The van der Waals surface area contributed by atoms with Gasteiger partial charge in [0.1, 0.15) is 0 Å². The normalized spacial score (nSPS) is 20.0. The molecule has 0 bridgehead atoms. The first-order valence-corrected chi connectivity index (χ1v) is 12.8. The van der Waals surface area contributed by atoms with Gasteiger partial charge < -0.3 is 9.16 Å². The molecule has 25 heavy (non-hydrogen) atoms. The van der Waals surface area contributed by atoms with E-state index in [-0.39, 0.29) is 6.29 Å². The second kappa shape index (κ2) is 10.1. The zero-order valence-corrected chi connectivity index (χ0v) is 17.2. The van der Waals surface area contributed by atoms with E-state index in [1.54, 1.807) is 0 Å². The monoisotopic (exact) mass is 358 g/mol. The third-order valence-electron chi connectivity index (χ3n) is 4.74. The van der Waals surface area contributed by atoms with E-state index in [0.717, 1.165) is 18.9 Å². The van der Waals surface area contributed by atoms with Gasteiger partial charge in [-0.25, -0.2) is 0 Å². The van der Waals surface area contributed by atoms with Gasteiger partial charge in [-0.05, 0) is 43.1 Å². The summed E-state index contributed by atoms with van der Waals surface area (Å²) in [5.41, 5.74) is 3.83. The molecule has 2 rings (SSSR count). The summed E-state index contributed by atoms with van der Waals surface area (Å²) >= 11 is 0. The summed E-state index contributed by atoms with van der Waals surface area (Å²) in [6.07, 6.45) is 9.28. The molecule has 0 amide bonds. The summed E-state index contributed by atoms with van der Waals surface area (Å²) in [5.74, 6) is 0. The zero-order valence-electron chi connectivity index (χ0n) is 16.2. The van der Waals surface area contributed by atoms with E-state index in [1.165, 1.54) is 42.4 Å². The lowest BCUT2D eigenvalue weighted by molar-refractivity contribution is -0.0924. The van der Waals surface area contributed by atoms with Crippen molar-refractivity contribution < 1.29 is 9.16 Å². The van der Waals surface area contributed by atoms with Crippen LogP contribution >= 0.6 is 0 Å². The van der Waals surface area contributed by atoms with Crippen molar-refractivity contribution in [3.63, 3.8) is 0 Å². The van der Waals surface area contributed by atoms with Crippen molar-refractivity contribution in [2.75, 3.05) is 0 Å². The summed E-state index contributed by atoms with van der Waals surface area (Å²) in [5, 5.41) is 0. The Bertz CT molecular complexity index is 563. The van der Waals surface area contributed by atoms with Crippen LogP contribution in [0, 0.1) is 0 Å². The number of allylic oxidation sites excluding steroid dienone is 2. The average molecular weight is 359 g/mol. The molecule has 0 aliphatic carbocycles. The van der Waals surface area contributed by atoms with Crippen LogP contribution in [0.5, 0.6) is 0 Å². The number of rotatable bonds is 9. The van der Waals surface area contributed by atoms with Crippen LogP contribution in [-0.4, -0.2) is 14.6 Å². The minimum atomic E-state index is -1.72. The molecule has 1 unspecified atom stereocenters. The smallest absolute Gasteiger partial charge is 0.193 e. The molecular formula is C22H34O2Si. The van der Waals surface area contributed by atoms with Crippen molar-refractivity contribution in [1.29, 1.82) is 0 Å². The van der Waals surface area contributed by atoms with Gasteiger partial charge in [0.25, 0.3) is 0 Å². The molecule has 0 saturated carbocycles. The van der Waals surface area contributed by atoms with Crippen molar-refractivity contribution in [2.24, 2.45) is 0 Å². The van der Waals surface area contributed by atoms with Gasteiger partial charge >= 0.3 is 0 Å². The Morgan fingerprint density at radius 3 is 2.68 bits per heavy atom. The third kappa shape index (κ3) is 7.31.